The number of fused-ring (bicyclic) bond motifs is 1. The fraction of sp³-hybridized carbons (Fsp3) is 0.350. The Kier molecular flexibility index (Phi) is 4.93. The maximum Gasteiger partial charge on any atom is 0.224 e. The number of benzene rings is 2. The summed E-state index contributed by atoms with van der Waals surface area (Å²) in [7, 11) is 0. The van der Waals surface area contributed by atoms with E-state index in [1.807, 2.05) is 0 Å². The molecule has 1 aliphatic carbocycles. The fourth-order valence-corrected chi connectivity index (χ4v) is 3.61. The van der Waals surface area contributed by atoms with Crippen LogP contribution in [-0.2, 0) is 24.4 Å². The van der Waals surface area contributed by atoms with Gasteiger partial charge in [-0.1, -0.05) is 42.5 Å². The summed E-state index contributed by atoms with van der Waals surface area (Å²) in [5.41, 5.74) is 6.55. The average molecular weight is 343 g/mol. The fourth-order valence-electron chi connectivity index (χ4n) is 3.61. The van der Waals surface area contributed by atoms with Crippen molar-refractivity contribution in [3.8, 4) is 0 Å². The lowest BCUT2D eigenvalue weighted by Gasteiger charge is -2.08. The largest absolute Gasteiger partial charge is 0.352 e. The van der Waals surface area contributed by atoms with Gasteiger partial charge in [0.05, 0.1) is 0 Å². The van der Waals surface area contributed by atoms with E-state index < -0.39 is 0 Å². The smallest absolute Gasteiger partial charge is 0.224 e. The molecule has 2 aromatic carbocycles. The lowest BCUT2D eigenvalue weighted by Crippen LogP contribution is -2.25. The summed E-state index contributed by atoms with van der Waals surface area (Å²) in [5.74, 6) is 0.740. The molecule has 0 spiro atoms. The zero-order valence-electron chi connectivity index (χ0n) is 13.8. The Bertz CT molecular complexity index is 759. The van der Waals surface area contributed by atoms with E-state index in [1.54, 1.807) is 0 Å². The first-order valence-electron chi connectivity index (χ1n) is 8.37. The van der Waals surface area contributed by atoms with Gasteiger partial charge in [-0.2, -0.15) is 0 Å². The topological polar surface area (TPSA) is 41.1 Å². The molecule has 0 radical (unpaired) electrons. The molecule has 0 saturated heterocycles. The second kappa shape index (κ2) is 6.96. The summed E-state index contributed by atoms with van der Waals surface area (Å²) in [4.78, 5) is 12.4. The van der Waals surface area contributed by atoms with Crippen molar-refractivity contribution in [3.05, 3.63) is 70.3 Å². The second-order valence-electron chi connectivity index (χ2n) is 6.73. The lowest BCUT2D eigenvalue weighted by molar-refractivity contribution is -0.122. The van der Waals surface area contributed by atoms with Gasteiger partial charge < -0.3 is 10.6 Å². The standard InChI is InChI=1S/C20H22N2O.ClH/c1-13-4-2-3-5-17(13)18-9-19(18)20(23)22-10-14-6-7-15-11-21-12-16(15)8-14;/h2-8,18-19,21H,9-12H2,1H3,(H,22,23);1H. The minimum atomic E-state index is 0. The molecule has 2 N–H and O–H groups in total. The molecule has 0 aromatic heterocycles. The molecule has 1 amide bonds. The number of amides is 1. The molecule has 2 aromatic rings. The number of carbonyl (C=O) groups excluding carboxylic acids is 1. The van der Waals surface area contributed by atoms with Crippen molar-refractivity contribution < 1.29 is 4.79 Å². The van der Waals surface area contributed by atoms with Gasteiger partial charge in [0.25, 0.3) is 0 Å². The Hall–Kier alpha value is -1.84. The molecule has 0 bridgehead atoms. The highest BCUT2D eigenvalue weighted by atomic mass is 35.5. The summed E-state index contributed by atoms with van der Waals surface area (Å²) in [6.07, 6.45) is 0.977. The average Bonchev–Trinajstić information content (AvgIpc) is 3.22. The zero-order chi connectivity index (χ0) is 15.8. The van der Waals surface area contributed by atoms with Gasteiger partial charge in [-0.3, -0.25) is 4.79 Å². The maximum atomic E-state index is 12.4. The van der Waals surface area contributed by atoms with E-state index in [1.165, 1.54) is 27.8 Å². The molecule has 2 aliphatic rings. The first-order valence-corrected chi connectivity index (χ1v) is 8.37. The van der Waals surface area contributed by atoms with E-state index in [2.05, 4.69) is 60.0 Å². The van der Waals surface area contributed by atoms with Gasteiger partial charge in [-0.25, -0.2) is 0 Å². The molecule has 2 unspecified atom stereocenters. The van der Waals surface area contributed by atoms with Crippen LogP contribution in [0.3, 0.4) is 0 Å². The third-order valence-electron chi connectivity index (χ3n) is 5.08. The Labute approximate surface area is 149 Å². The number of aryl methyl sites for hydroxylation is 1. The van der Waals surface area contributed by atoms with Crippen LogP contribution in [-0.4, -0.2) is 5.91 Å². The van der Waals surface area contributed by atoms with Gasteiger partial charge in [0.2, 0.25) is 5.91 Å². The Morgan fingerprint density at radius 1 is 1.17 bits per heavy atom. The molecule has 126 valence electrons. The molecular weight excluding hydrogens is 320 g/mol. The van der Waals surface area contributed by atoms with Gasteiger partial charge in [0.15, 0.2) is 0 Å². The van der Waals surface area contributed by atoms with Crippen molar-refractivity contribution in [3.63, 3.8) is 0 Å². The molecule has 24 heavy (non-hydrogen) atoms. The second-order valence-corrected chi connectivity index (χ2v) is 6.73. The van der Waals surface area contributed by atoms with Crippen LogP contribution in [0.4, 0.5) is 0 Å². The summed E-state index contributed by atoms with van der Waals surface area (Å²) in [6, 6.07) is 14.9. The Morgan fingerprint density at radius 3 is 2.79 bits per heavy atom. The van der Waals surface area contributed by atoms with Crippen molar-refractivity contribution in [1.29, 1.82) is 0 Å². The highest BCUT2D eigenvalue weighted by molar-refractivity contribution is 5.85. The summed E-state index contributed by atoms with van der Waals surface area (Å²) >= 11 is 0. The van der Waals surface area contributed by atoms with E-state index in [0.717, 1.165) is 19.5 Å². The minimum absolute atomic E-state index is 0. The third-order valence-corrected chi connectivity index (χ3v) is 5.08. The Balaban J connectivity index is 0.00000169. The number of rotatable bonds is 4. The van der Waals surface area contributed by atoms with Crippen LogP contribution in [0, 0.1) is 12.8 Å². The van der Waals surface area contributed by atoms with Crippen molar-refractivity contribution in [2.45, 2.75) is 38.9 Å². The number of carbonyl (C=O) groups is 1. The molecule has 1 fully saturated rings. The molecule has 4 rings (SSSR count). The molecule has 4 heteroatoms. The van der Waals surface area contributed by atoms with E-state index in [4.69, 9.17) is 0 Å². The molecular formula is C20H23ClN2O. The number of hydrogen-bond donors (Lipinski definition) is 2. The van der Waals surface area contributed by atoms with E-state index in [0.29, 0.717) is 12.5 Å². The van der Waals surface area contributed by atoms with Crippen LogP contribution >= 0.6 is 12.4 Å². The zero-order valence-corrected chi connectivity index (χ0v) is 14.7. The highest BCUT2D eigenvalue weighted by Crippen LogP contribution is 2.48. The van der Waals surface area contributed by atoms with Crippen molar-refractivity contribution in [1.82, 2.24) is 10.6 Å². The SMILES string of the molecule is Cc1ccccc1C1CC1C(=O)NCc1ccc2c(c1)CNC2.Cl. The van der Waals surface area contributed by atoms with E-state index in [-0.39, 0.29) is 24.2 Å². The number of nitrogens with one attached hydrogen (secondary N) is 2. The lowest BCUT2D eigenvalue weighted by atomic mass is 10.0. The number of halogens is 1. The molecule has 1 heterocycles. The summed E-state index contributed by atoms with van der Waals surface area (Å²) < 4.78 is 0. The normalized spacial score (nSPS) is 20.9. The Morgan fingerprint density at radius 2 is 1.96 bits per heavy atom. The van der Waals surface area contributed by atoms with Crippen LogP contribution < -0.4 is 10.6 Å². The van der Waals surface area contributed by atoms with Gasteiger partial charge >= 0.3 is 0 Å². The van der Waals surface area contributed by atoms with Crippen molar-refractivity contribution in [2.75, 3.05) is 0 Å². The van der Waals surface area contributed by atoms with Gasteiger partial charge in [0, 0.05) is 25.6 Å². The minimum Gasteiger partial charge on any atom is -0.352 e. The van der Waals surface area contributed by atoms with Gasteiger partial charge in [-0.05, 0) is 47.1 Å². The van der Waals surface area contributed by atoms with Crippen LogP contribution in [0.25, 0.3) is 0 Å². The van der Waals surface area contributed by atoms with Crippen molar-refractivity contribution in [2.24, 2.45) is 5.92 Å². The van der Waals surface area contributed by atoms with Crippen LogP contribution in [0.2, 0.25) is 0 Å². The predicted octanol–water partition coefficient (Wildman–Crippen LogP) is 3.44. The molecule has 1 saturated carbocycles. The van der Waals surface area contributed by atoms with E-state index >= 15 is 0 Å². The van der Waals surface area contributed by atoms with Crippen molar-refractivity contribution >= 4 is 18.3 Å². The summed E-state index contributed by atoms with van der Waals surface area (Å²) in [5, 5.41) is 6.46. The predicted molar refractivity (Wildman–Crippen MR) is 98.1 cm³/mol. The number of hydrogen-bond acceptors (Lipinski definition) is 2. The summed E-state index contributed by atoms with van der Waals surface area (Å²) in [6.45, 7) is 4.65. The molecule has 3 nitrogen and oxygen atoms in total. The molecule has 1 aliphatic heterocycles. The maximum absolute atomic E-state index is 12.4. The first kappa shape index (κ1) is 17.0. The highest BCUT2D eigenvalue weighted by Gasteiger charge is 2.44. The van der Waals surface area contributed by atoms with E-state index in [9.17, 15) is 4.79 Å². The third kappa shape index (κ3) is 3.33. The molecule has 2 atom stereocenters. The van der Waals surface area contributed by atoms with Crippen LogP contribution in [0.15, 0.2) is 42.5 Å². The van der Waals surface area contributed by atoms with Crippen LogP contribution in [0.5, 0.6) is 0 Å². The first-order chi connectivity index (χ1) is 11.2. The van der Waals surface area contributed by atoms with Gasteiger partial charge in [-0.15, -0.1) is 12.4 Å². The quantitative estimate of drug-likeness (QED) is 0.893. The monoisotopic (exact) mass is 342 g/mol. The van der Waals surface area contributed by atoms with Gasteiger partial charge in [0.1, 0.15) is 0 Å². The van der Waals surface area contributed by atoms with Crippen LogP contribution in [0.1, 0.15) is 40.2 Å².